The van der Waals surface area contributed by atoms with Gasteiger partial charge in [-0.25, -0.2) is 9.67 Å². The highest BCUT2D eigenvalue weighted by Crippen LogP contribution is 2.27. The van der Waals surface area contributed by atoms with Gasteiger partial charge in [-0.05, 0) is 49.2 Å². The second-order valence-corrected chi connectivity index (χ2v) is 7.21. The smallest absolute Gasteiger partial charge is 0.291 e. The molecule has 4 rings (SSSR count). The van der Waals surface area contributed by atoms with Gasteiger partial charge in [-0.15, -0.1) is 5.10 Å². The Morgan fingerprint density at radius 1 is 1.06 bits per heavy atom. The van der Waals surface area contributed by atoms with Gasteiger partial charge in [-0.3, -0.25) is 4.79 Å². The molecule has 2 aromatic carbocycles. The van der Waals surface area contributed by atoms with Gasteiger partial charge in [0.15, 0.2) is 17.3 Å². The summed E-state index contributed by atoms with van der Waals surface area (Å²) in [4.78, 5) is 17.2. The maximum atomic E-state index is 12.8. The van der Waals surface area contributed by atoms with Crippen LogP contribution in [0.5, 0.6) is 11.5 Å². The molecule has 32 heavy (non-hydrogen) atoms. The molecule has 164 valence electrons. The molecule has 1 N–H and O–H groups in total. The molecule has 2 heterocycles. The first kappa shape index (κ1) is 21.2. The molecular weight excluding hydrogens is 408 g/mol. The number of aromatic nitrogens is 3. The van der Waals surface area contributed by atoms with E-state index in [4.69, 9.17) is 13.9 Å². The molecule has 8 nitrogen and oxygen atoms in total. The van der Waals surface area contributed by atoms with Crippen LogP contribution >= 0.6 is 0 Å². The lowest BCUT2D eigenvalue weighted by Crippen LogP contribution is -2.27. The predicted octanol–water partition coefficient (Wildman–Crippen LogP) is 3.83. The number of carbonyl (C=O) groups excluding carboxylic acids is 1. The lowest BCUT2D eigenvalue weighted by molar-refractivity contribution is 0.0944. The molecule has 0 radical (unpaired) electrons. The summed E-state index contributed by atoms with van der Waals surface area (Å²) >= 11 is 0. The average molecular weight is 432 g/mol. The van der Waals surface area contributed by atoms with Crippen LogP contribution in [-0.4, -0.2) is 41.4 Å². The number of hydrogen-bond donors (Lipinski definition) is 1. The monoisotopic (exact) mass is 432 g/mol. The quantitative estimate of drug-likeness (QED) is 0.455. The number of ether oxygens (including phenoxy) is 2. The highest BCUT2D eigenvalue weighted by atomic mass is 16.5. The van der Waals surface area contributed by atoms with Gasteiger partial charge in [0.1, 0.15) is 6.26 Å². The molecule has 0 unspecified atom stereocenters. The SMILES string of the molecule is COc1ccc(CCNC(=O)c2nc(-c3ccoc3)n(-c3ccc(C)cc3)n2)cc1OC. The van der Waals surface area contributed by atoms with E-state index in [0.717, 1.165) is 22.4 Å². The Balaban J connectivity index is 1.50. The number of methoxy groups -OCH3 is 2. The van der Waals surface area contributed by atoms with Crippen LogP contribution in [0.3, 0.4) is 0 Å². The minimum absolute atomic E-state index is 0.0917. The van der Waals surface area contributed by atoms with Gasteiger partial charge >= 0.3 is 0 Å². The first-order chi connectivity index (χ1) is 15.6. The van der Waals surface area contributed by atoms with E-state index in [1.807, 2.05) is 49.4 Å². The number of hydrogen-bond acceptors (Lipinski definition) is 6. The van der Waals surface area contributed by atoms with Crippen molar-refractivity contribution in [3.63, 3.8) is 0 Å². The average Bonchev–Trinajstić information content (AvgIpc) is 3.49. The molecule has 8 heteroatoms. The van der Waals surface area contributed by atoms with Gasteiger partial charge in [0.05, 0.1) is 31.7 Å². The molecule has 0 spiro atoms. The fraction of sp³-hybridized carbons (Fsp3) is 0.208. The molecule has 0 aliphatic rings. The number of aryl methyl sites for hydroxylation is 1. The molecular formula is C24H24N4O4. The van der Waals surface area contributed by atoms with Gasteiger partial charge in [0, 0.05) is 6.54 Å². The standard InChI is InChI=1S/C24H24N4O4/c1-16-4-7-19(8-5-16)28-23(18-11-13-32-15-18)26-22(27-28)24(29)25-12-10-17-6-9-20(30-2)21(14-17)31-3/h4-9,11,13-15H,10,12H2,1-3H3,(H,25,29). The first-order valence-corrected chi connectivity index (χ1v) is 10.1. The second kappa shape index (κ2) is 9.38. The number of benzene rings is 2. The zero-order chi connectivity index (χ0) is 22.5. The Morgan fingerprint density at radius 2 is 1.84 bits per heavy atom. The summed E-state index contributed by atoms with van der Waals surface area (Å²) in [7, 11) is 3.19. The lowest BCUT2D eigenvalue weighted by Gasteiger charge is -2.09. The van der Waals surface area contributed by atoms with Crippen molar-refractivity contribution in [2.45, 2.75) is 13.3 Å². The van der Waals surface area contributed by atoms with Crippen LogP contribution in [0, 0.1) is 6.92 Å². The summed E-state index contributed by atoms with van der Waals surface area (Å²) in [6.07, 6.45) is 3.76. The minimum Gasteiger partial charge on any atom is -0.493 e. The summed E-state index contributed by atoms with van der Waals surface area (Å²) < 4.78 is 17.4. The van der Waals surface area contributed by atoms with Crippen molar-refractivity contribution < 1.29 is 18.7 Å². The molecule has 0 aliphatic heterocycles. The van der Waals surface area contributed by atoms with Gasteiger partial charge < -0.3 is 19.2 Å². The Labute approximate surface area is 185 Å². The number of rotatable bonds is 8. The van der Waals surface area contributed by atoms with E-state index in [1.165, 1.54) is 0 Å². The maximum Gasteiger partial charge on any atom is 0.291 e. The molecule has 2 aromatic heterocycles. The topological polar surface area (TPSA) is 91.4 Å². The number of carbonyl (C=O) groups is 1. The number of nitrogens with zero attached hydrogens (tertiary/aromatic N) is 3. The highest BCUT2D eigenvalue weighted by molar-refractivity contribution is 5.91. The molecule has 0 saturated heterocycles. The molecule has 0 aliphatic carbocycles. The Kier molecular flexibility index (Phi) is 6.21. The van der Waals surface area contributed by atoms with Crippen molar-refractivity contribution in [3.8, 4) is 28.6 Å². The third kappa shape index (κ3) is 4.49. The van der Waals surface area contributed by atoms with E-state index < -0.39 is 0 Å². The zero-order valence-corrected chi connectivity index (χ0v) is 18.2. The van der Waals surface area contributed by atoms with E-state index in [0.29, 0.717) is 30.3 Å². The summed E-state index contributed by atoms with van der Waals surface area (Å²) in [5, 5.41) is 7.34. The van der Waals surface area contributed by atoms with E-state index >= 15 is 0 Å². The lowest BCUT2D eigenvalue weighted by atomic mass is 10.1. The number of nitrogens with one attached hydrogen (secondary N) is 1. The summed E-state index contributed by atoms with van der Waals surface area (Å²) in [6.45, 7) is 2.44. The number of amides is 1. The molecule has 0 bridgehead atoms. The van der Waals surface area contributed by atoms with Gasteiger partial charge in [-0.2, -0.15) is 0 Å². The first-order valence-electron chi connectivity index (χ1n) is 10.1. The zero-order valence-electron chi connectivity index (χ0n) is 18.2. The minimum atomic E-state index is -0.346. The van der Waals surface area contributed by atoms with E-state index in [2.05, 4.69) is 15.4 Å². The van der Waals surface area contributed by atoms with Crippen LogP contribution in [-0.2, 0) is 6.42 Å². The summed E-state index contributed by atoms with van der Waals surface area (Å²) in [5.41, 5.74) is 3.69. The van der Waals surface area contributed by atoms with Crippen LogP contribution in [0.15, 0.2) is 65.5 Å². The van der Waals surface area contributed by atoms with Gasteiger partial charge in [0.2, 0.25) is 5.82 Å². The fourth-order valence-corrected chi connectivity index (χ4v) is 3.29. The van der Waals surface area contributed by atoms with Crippen molar-refractivity contribution in [2.75, 3.05) is 20.8 Å². The molecule has 0 atom stereocenters. The fourth-order valence-electron chi connectivity index (χ4n) is 3.29. The Bertz CT molecular complexity index is 1200. The van der Waals surface area contributed by atoms with Crippen molar-refractivity contribution >= 4 is 5.91 Å². The van der Waals surface area contributed by atoms with Crippen molar-refractivity contribution in [3.05, 3.63) is 78.0 Å². The van der Waals surface area contributed by atoms with E-state index in [-0.39, 0.29) is 11.7 Å². The second-order valence-electron chi connectivity index (χ2n) is 7.21. The van der Waals surface area contributed by atoms with Crippen LogP contribution < -0.4 is 14.8 Å². The van der Waals surface area contributed by atoms with Crippen LogP contribution in [0.1, 0.15) is 21.7 Å². The van der Waals surface area contributed by atoms with E-state index in [9.17, 15) is 4.79 Å². The third-order valence-corrected chi connectivity index (χ3v) is 5.02. The molecule has 4 aromatic rings. The Morgan fingerprint density at radius 3 is 2.53 bits per heavy atom. The van der Waals surface area contributed by atoms with Crippen LogP contribution in [0.25, 0.3) is 17.1 Å². The summed E-state index contributed by atoms with van der Waals surface area (Å²) in [6, 6.07) is 15.3. The molecule has 0 saturated carbocycles. The van der Waals surface area contributed by atoms with Gasteiger partial charge in [-0.1, -0.05) is 23.8 Å². The predicted molar refractivity (Wildman–Crippen MR) is 119 cm³/mol. The van der Waals surface area contributed by atoms with Crippen molar-refractivity contribution in [2.24, 2.45) is 0 Å². The van der Waals surface area contributed by atoms with Gasteiger partial charge in [0.25, 0.3) is 5.91 Å². The molecule has 0 fully saturated rings. The Hall–Kier alpha value is -4.07. The maximum absolute atomic E-state index is 12.8. The summed E-state index contributed by atoms with van der Waals surface area (Å²) in [5.74, 6) is 1.60. The normalized spacial score (nSPS) is 10.7. The number of furan rings is 1. The molecule has 1 amide bonds. The van der Waals surface area contributed by atoms with Crippen LogP contribution in [0.2, 0.25) is 0 Å². The van der Waals surface area contributed by atoms with Crippen molar-refractivity contribution in [1.29, 1.82) is 0 Å². The third-order valence-electron chi connectivity index (χ3n) is 5.02. The highest BCUT2D eigenvalue weighted by Gasteiger charge is 2.19. The van der Waals surface area contributed by atoms with E-state index in [1.54, 1.807) is 37.5 Å². The van der Waals surface area contributed by atoms with Crippen molar-refractivity contribution in [1.82, 2.24) is 20.1 Å². The largest absolute Gasteiger partial charge is 0.493 e. The van der Waals surface area contributed by atoms with Crippen LogP contribution in [0.4, 0.5) is 0 Å².